The second-order valence-electron chi connectivity index (χ2n) is 6.00. The molecule has 3 heterocycles. The number of alkyl halides is 3. The van der Waals surface area contributed by atoms with E-state index in [2.05, 4.69) is 4.98 Å². The van der Waals surface area contributed by atoms with E-state index in [9.17, 15) is 22.4 Å². The largest absolute Gasteiger partial charge is 0.473 e. The number of hydrogen-bond acceptors (Lipinski definition) is 4. The quantitative estimate of drug-likeness (QED) is 0.616. The van der Waals surface area contributed by atoms with Crippen LogP contribution in [0.3, 0.4) is 0 Å². The van der Waals surface area contributed by atoms with Crippen molar-refractivity contribution in [2.45, 2.75) is 31.2 Å². The Hall–Kier alpha value is -1.90. The van der Waals surface area contributed by atoms with Crippen LogP contribution in [0.2, 0.25) is 0 Å². The van der Waals surface area contributed by atoms with Crippen LogP contribution in [0.1, 0.15) is 12.8 Å². The maximum Gasteiger partial charge on any atom is 0.406 e. The molecule has 0 saturated carbocycles. The second kappa shape index (κ2) is 6.54. The summed E-state index contributed by atoms with van der Waals surface area (Å²) in [6.07, 6.45) is -3.66. The third-order valence-electron chi connectivity index (χ3n) is 4.23. The molecule has 9 heteroatoms. The molecule has 2 saturated heterocycles. The molecular weight excluding hydrogens is 330 g/mol. The van der Waals surface area contributed by atoms with E-state index in [1.54, 1.807) is 0 Å². The molecule has 0 radical (unpaired) electrons. The fourth-order valence-corrected chi connectivity index (χ4v) is 3.19. The molecular formula is C15H17F4N3O2. The smallest absolute Gasteiger partial charge is 0.406 e. The van der Waals surface area contributed by atoms with Crippen molar-refractivity contribution in [3.8, 4) is 5.88 Å². The molecule has 0 spiro atoms. The first kappa shape index (κ1) is 16.9. The van der Waals surface area contributed by atoms with Crippen molar-refractivity contribution in [1.29, 1.82) is 0 Å². The van der Waals surface area contributed by atoms with Gasteiger partial charge in [0.05, 0.1) is 6.04 Å². The van der Waals surface area contributed by atoms with E-state index in [4.69, 9.17) is 4.74 Å². The van der Waals surface area contributed by atoms with Crippen molar-refractivity contribution in [3.05, 3.63) is 24.1 Å². The predicted octanol–water partition coefficient (Wildman–Crippen LogP) is 1.84. The third-order valence-corrected chi connectivity index (χ3v) is 4.23. The Morgan fingerprint density at radius 2 is 2.04 bits per heavy atom. The van der Waals surface area contributed by atoms with Crippen molar-refractivity contribution in [2.24, 2.45) is 0 Å². The van der Waals surface area contributed by atoms with Crippen molar-refractivity contribution in [3.63, 3.8) is 0 Å². The molecule has 132 valence electrons. The third kappa shape index (κ3) is 3.95. The van der Waals surface area contributed by atoms with Crippen LogP contribution in [0.25, 0.3) is 0 Å². The molecule has 2 aliphatic heterocycles. The highest BCUT2D eigenvalue weighted by Crippen LogP contribution is 2.26. The Labute approximate surface area is 136 Å². The first-order valence-electron chi connectivity index (χ1n) is 7.70. The molecule has 1 aromatic heterocycles. The Morgan fingerprint density at radius 1 is 1.25 bits per heavy atom. The summed E-state index contributed by atoms with van der Waals surface area (Å²) in [7, 11) is 0. The van der Waals surface area contributed by atoms with Crippen molar-refractivity contribution >= 4 is 5.91 Å². The minimum Gasteiger partial charge on any atom is -0.473 e. The van der Waals surface area contributed by atoms with E-state index in [0.29, 0.717) is 25.9 Å². The number of likely N-dealkylation sites (tertiary alicyclic amines) is 2. The van der Waals surface area contributed by atoms with Gasteiger partial charge in [-0.1, -0.05) is 6.07 Å². The molecule has 5 nitrogen and oxygen atoms in total. The van der Waals surface area contributed by atoms with Gasteiger partial charge in [0.15, 0.2) is 0 Å². The van der Waals surface area contributed by atoms with Crippen molar-refractivity contribution in [1.82, 2.24) is 14.8 Å². The maximum atomic E-state index is 13.0. The molecule has 2 unspecified atom stereocenters. The van der Waals surface area contributed by atoms with Gasteiger partial charge in [0, 0.05) is 25.7 Å². The van der Waals surface area contributed by atoms with Gasteiger partial charge in [-0.05, 0) is 18.9 Å². The normalized spacial score (nSPS) is 25.5. The SMILES string of the molecule is O=C1C(N2CCC(Oc3cccc(F)n3)C2)CCN1CC(F)(F)F. The van der Waals surface area contributed by atoms with Gasteiger partial charge < -0.3 is 9.64 Å². The summed E-state index contributed by atoms with van der Waals surface area (Å²) in [5.74, 6) is -0.966. The Morgan fingerprint density at radius 3 is 2.75 bits per heavy atom. The summed E-state index contributed by atoms with van der Waals surface area (Å²) in [6, 6.07) is 3.69. The van der Waals surface area contributed by atoms with Crippen LogP contribution in [0.4, 0.5) is 17.6 Å². The van der Waals surface area contributed by atoms with Gasteiger partial charge in [0.1, 0.15) is 12.6 Å². The van der Waals surface area contributed by atoms with E-state index in [1.807, 2.05) is 4.90 Å². The van der Waals surface area contributed by atoms with Crippen LogP contribution in [0.5, 0.6) is 5.88 Å². The highest BCUT2D eigenvalue weighted by atomic mass is 19.4. The fourth-order valence-electron chi connectivity index (χ4n) is 3.19. The first-order chi connectivity index (χ1) is 11.3. The maximum absolute atomic E-state index is 13.0. The molecule has 2 aliphatic rings. The van der Waals surface area contributed by atoms with Gasteiger partial charge in [-0.3, -0.25) is 9.69 Å². The monoisotopic (exact) mass is 347 g/mol. The average molecular weight is 347 g/mol. The average Bonchev–Trinajstić information content (AvgIpc) is 3.06. The minimum atomic E-state index is -4.38. The second-order valence-corrected chi connectivity index (χ2v) is 6.00. The Kier molecular flexibility index (Phi) is 4.62. The number of ether oxygens (including phenoxy) is 1. The van der Waals surface area contributed by atoms with E-state index < -0.39 is 30.6 Å². The topological polar surface area (TPSA) is 45.7 Å². The number of rotatable bonds is 4. The molecule has 3 rings (SSSR count). The highest BCUT2D eigenvalue weighted by Gasteiger charge is 2.43. The summed E-state index contributed by atoms with van der Waals surface area (Å²) in [6.45, 7) is -0.134. The number of aromatic nitrogens is 1. The predicted molar refractivity (Wildman–Crippen MR) is 75.8 cm³/mol. The number of amides is 1. The van der Waals surface area contributed by atoms with E-state index in [0.717, 1.165) is 4.90 Å². The van der Waals surface area contributed by atoms with Gasteiger partial charge in [-0.15, -0.1) is 0 Å². The highest BCUT2D eigenvalue weighted by molar-refractivity contribution is 5.84. The molecule has 0 aliphatic carbocycles. The lowest BCUT2D eigenvalue weighted by atomic mass is 10.2. The summed E-state index contributed by atoms with van der Waals surface area (Å²) in [4.78, 5) is 18.5. The van der Waals surface area contributed by atoms with Crippen LogP contribution in [-0.4, -0.2) is 65.2 Å². The summed E-state index contributed by atoms with van der Waals surface area (Å²) in [5.41, 5.74) is 0. The van der Waals surface area contributed by atoms with Crippen LogP contribution in [-0.2, 0) is 4.79 Å². The van der Waals surface area contributed by atoms with Crippen molar-refractivity contribution in [2.75, 3.05) is 26.2 Å². The summed E-state index contributed by atoms with van der Waals surface area (Å²) in [5, 5.41) is 0. The zero-order valence-corrected chi connectivity index (χ0v) is 12.8. The number of halogens is 4. The lowest BCUT2D eigenvalue weighted by molar-refractivity contribution is -0.159. The van der Waals surface area contributed by atoms with Crippen LogP contribution < -0.4 is 4.74 Å². The zero-order valence-electron chi connectivity index (χ0n) is 12.8. The van der Waals surface area contributed by atoms with Crippen LogP contribution >= 0.6 is 0 Å². The number of nitrogens with zero attached hydrogens (tertiary/aromatic N) is 3. The van der Waals surface area contributed by atoms with E-state index in [-0.39, 0.29) is 18.5 Å². The first-order valence-corrected chi connectivity index (χ1v) is 7.70. The Bertz CT molecular complexity index is 611. The van der Waals surface area contributed by atoms with Crippen molar-refractivity contribution < 1.29 is 27.1 Å². The molecule has 1 amide bonds. The molecule has 0 aromatic carbocycles. The lowest BCUT2D eigenvalue weighted by Gasteiger charge is -2.23. The van der Waals surface area contributed by atoms with Gasteiger partial charge >= 0.3 is 6.18 Å². The van der Waals surface area contributed by atoms with Crippen LogP contribution in [0.15, 0.2) is 18.2 Å². The van der Waals surface area contributed by atoms with Gasteiger partial charge in [0.2, 0.25) is 17.7 Å². The number of hydrogen-bond donors (Lipinski definition) is 0. The zero-order chi connectivity index (χ0) is 17.3. The van der Waals surface area contributed by atoms with E-state index >= 15 is 0 Å². The van der Waals surface area contributed by atoms with Gasteiger partial charge in [0.25, 0.3) is 0 Å². The minimum absolute atomic E-state index is 0.108. The molecule has 0 N–H and O–H groups in total. The Balaban J connectivity index is 1.55. The molecule has 24 heavy (non-hydrogen) atoms. The summed E-state index contributed by atoms with van der Waals surface area (Å²) < 4.78 is 56.0. The van der Waals surface area contributed by atoms with Gasteiger partial charge in [-0.2, -0.15) is 22.5 Å². The summed E-state index contributed by atoms with van der Waals surface area (Å²) >= 11 is 0. The number of pyridine rings is 1. The van der Waals surface area contributed by atoms with Crippen LogP contribution in [0, 0.1) is 5.95 Å². The fraction of sp³-hybridized carbons (Fsp3) is 0.600. The number of carbonyl (C=O) groups is 1. The van der Waals surface area contributed by atoms with E-state index in [1.165, 1.54) is 18.2 Å². The van der Waals surface area contributed by atoms with Gasteiger partial charge in [-0.25, -0.2) is 0 Å². The standard InChI is InChI=1S/C15H17F4N3O2/c16-12-2-1-3-13(20-12)24-10-4-6-21(8-10)11-5-7-22(14(11)23)9-15(17,18)19/h1-3,10-11H,4-9H2. The molecule has 2 atom stereocenters. The lowest BCUT2D eigenvalue weighted by Crippen LogP contribution is -2.43. The molecule has 2 fully saturated rings. The number of carbonyl (C=O) groups excluding carboxylic acids is 1. The molecule has 0 bridgehead atoms. The molecule has 1 aromatic rings.